The molecule has 0 bridgehead atoms. The number of pyridine rings is 2. The van der Waals surface area contributed by atoms with Gasteiger partial charge in [0, 0.05) is 29.0 Å². The van der Waals surface area contributed by atoms with Crippen molar-refractivity contribution in [2.45, 2.75) is 25.3 Å². The van der Waals surface area contributed by atoms with Gasteiger partial charge in [-0.1, -0.05) is 6.07 Å². The van der Waals surface area contributed by atoms with Gasteiger partial charge in [-0.3, -0.25) is 9.59 Å². The van der Waals surface area contributed by atoms with E-state index in [1.54, 1.807) is 34.5 Å². The average molecular weight is 411 g/mol. The highest BCUT2D eigenvalue weighted by Gasteiger charge is 2.18. The minimum atomic E-state index is -0.840. The van der Waals surface area contributed by atoms with Gasteiger partial charge in [-0.2, -0.15) is 0 Å². The van der Waals surface area contributed by atoms with Crippen molar-refractivity contribution in [1.29, 1.82) is 0 Å². The van der Waals surface area contributed by atoms with Gasteiger partial charge < -0.3 is 14.6 Å². The molecule has 150 valence electrons. The summed E-state index contributed by atoms with van der Waals surface area (Å²) < 4.78 is 6.80. The van der Waals surface area contributed by atoms with Gasteiger partial charge in [-0.15, -0.1) is 11.8 Å². The number of ether oxygens (including phenoxy) is 1. The van der Waals surface area contributed by atoms with Crippen LogP contribution in [0.2, 0.25) is 0 Å². The molecule has 0 spiro atoms. The number of esters is 1. The number of hydrogen-bond acceptors (Lipinski definition) is 6. The Hall–Kier alpha value is -3.13. The normalized spacial score (nSPS) is 10.7. The number of fused-ring (bicyclic) bond motifs is 1. The molecule has 0 aliphatic rings. The number of aryl methyl sites for hydroxylation is 2. The SMILES string of the molecule is CCn1cc(C(=O)OCC(=O)Nc2cccc(SC)c2)c(=O)c2ccc(C)nc21. The summed E-state index contributed by atoms with van der Waals surface area (Å²) in [6.45, 7) is 3.76. The van der Waals surface area contributed by atoms with Gasteiger partial charge in [-0.25, -0.2) is 9.78 Å². The Labute approximate surface area is 172 Å². The summed E-state index contributed by atoms with van der Waals surface area (Å²) in [5.41, 5.74) is 1.31. The van der Waals surface area contributed by atoms with Crippen LogP contribution in [0.1, 0.15) is 23.0 Å². The molecule has 0 unspecified atom stereocenters. The molecule has 0 saturated heterocycles. The molecule has 8 heteroatoms. The molecular formula is C21H21N3O4S. The number of rotatable bonds is 6. The molecular weight excluding hydrogens is 390 g/mol. The summed E-state index contributed by atoms with van der Waals surface area (Å²) in [6.07, 6.45) is 3.37. The molecule has 1 N–H and O–H groups in total. The molecule has 2 heterocycles. The lowest BCUT2D eigenvalue weighted by Gasteiger charge is -2.11. The van der Waals surface area contributed by atoms with Gasteiger partial charge >= 0.3 is 5.97 Å². The minimum absolute atomic E-state index is 0.123. The highest BCUT2D eigenvalue weighted by Crippen LogP contribution is 2.19. The highest BCUT2D eigenvalue weighted by molar-refractivity contribution is 7.98. The third kappa shape index (κ3) is 4.65. The maximum atomic E-state index is 12.7. The first kappa shape index (κ1) is 20.6. The molecule has 7 nitrogen and oxygen atoms in total. The predicted molar refractivity (Wildman–Crippen MR) is 114 cm³/mol. The van der Waals surface area contributed by atoms with Crippen LogP contribution in [0.15, 0.2) is 52.3 Å². The number of amides is 1. The lowest BCUT2D eigenvalue weighted by atomic mass is 10.2. The molecule has 3 rings (SSSR count). The molecule has 29 heavy (non-hydrogen) atoms. The number of hydrogen-bond donors (Lipinski definition) is 1. The van der Waals surface area contributed by atoms with Crippen molar-refractivity contribution >= 4 is 40.4 Å². The van der Waals surface area contributed by atoms with E-state index in [1.807, 2.05) is 38.3 Å². The second-order valence-corrected chi connectivity index (χ2v) is 7.22. The first-order chi connectivity index (χ1) is 13.9. The van der Waals surface area contributed by atoms with E-state index >= 15 is 0 Å². The maximum absolute atomic E-state index is 12.7. The Kier molecular flexibility index (Phi) is 6.33. The van der Waals surface area contributed by atoms with Crippen LogP contribution in [-0.2, 0) is 16.1 Å². The summed E-state index contributed by atoms with van der Waals surface area (Å²) in [7, 11) is 0. The zero-order valence-corrected chi connectivity index (χ0v) is 17.2. The van der Waals surface area contributed by atoms with E-state index in [1.165, 1.54) is 6.20 Å². The highest BCUT2D eigenvalue weighted by atomic mass is 32.2. The van der Waals surface area contributed by atoms with Crippen molar-refractivity contribution in [3.8, 4) is 0 Å². The zero-order valence-electron chi connectivity index (χ0n) is 16.4. The second kappa shape index (κ2) is 8.91. The van der Waals surface area contributed by atoms with Crippen LogP contribution >= 0.6 is 11.8 Å². The van der Waals surface area contributed by atoms with Gasteiger partial charge in [0.05, 0.1) is 5.39 Å². The molecule has 0 radical (unpaired) electrons. The molecule has 1 aromatic carbocycles. The average Bonchev–Trinajstić information content (AvgIpc) is 2.72. The van der Waals surface area contributed by atoms with Crippen LogP contribution in [-0.4, -0.2) is 34.3 Å². The van der Waals surface area contributed by atoms with Crippen molar-refractivity contribution < 1.29 is 14.3 Å². The van der Waals surface area contributed by atoms with E-state index in [-0.39, 0.29) is 5.56 Å². The topological polar surface area (TPSA) is 90.3 Å². The summed E-state index contributed by atoms with van der Waals surface area (Å²) >= 11 is 1.55. The van der Waals surface area contributed by atoms with Crippen molar-refractivity contribution in [2.75, 3.05) is 18.2 Å². The predicted octanol–water partition coefficient (Wildman–Crippen LogP) is 3.24. The largest absolute Gasteiger partial charge is 0.452 e. The fourth-order valence-corrected chi connectivity index (χ4v) is 3.31. The fourth-order valence-electron chi connectivity index (χ4n) is 2.85. The molecule has 3 aromatic rings. The molecule has 0 atom stereocenters. The van der Waals surface area contributed by atoms with E-state index in [9.17, 15) is 14.4 Å². The van der Waals surface area contributed by atoms with E-state index in [2.05, 4.69) is 10.3 Å². The Morgan fingerprint density at radius 2 is 2.03 bits per heavy atom. The Morgan fingerprint density at radius 3 is 2.76 bits per heavy atom. The van der Waals surface area contributed by atoms with Gasteiger partial charge in [0.15, 0.2) is 6.61 Å². The molecule has 0 aliphatic heterocycles. The third-order valence-electron chi connectivity index (χ3n) is 4.31. The Morgan fingerprint density at radius 1 is 1.24 bits per heavy atom. The number of aromatic nitrogens is 2. The lowest BCUT2D eigenvalue weighted by Crippen LogP contribution is -2.25. The number of carbonyl (C=O) groups is 2. The van der Waals surface area contributed by atoms with Crippen LogP contribution in [0.4, 0.5) is 5.69 Å². The van der Waals surface area contributed by atoms with Gasteiger partial charge in [0.25, 0.3) is 5.91 Å². The number of anilines is 1. The summed E-state index contributed by atoms with van der Waals surface area (Å²) in [5.74, 6) is -1.32. The second-order valence-electron chi connectivity index (χ2n) is 6.34. The number of nitrogens with zero attached hydrogens (tertiary/aromatic N) is 2. The Bertz CT molecular complexity index is 1140. The van der Waals surface area contributed by atoms with Crippen LogP contribution in [0, 0.1) is 6.92 Å². The van der Waals surface area contributed by atoms with Gasteiger partial charge in [0.1, 0.15) is 11.2 Å². The van der Waals surface area contributed by atoms with Crippen molar-refractivity contribution in [3.05, 3.63) is 64.1 Å². The number of nitrogens with one attached hydrogen (secondary N) is 1. The van der Waals surface area contributed by atoms with Gasteiger partial charge in [0.2, 0.25) is 5.43 Å². The van der Waals surface area contributed by atoms with Crippen molar-refractivity contribution in [3.63, 3.8) is 0 Å². The van der Waals surface area contributed by atoms with Crippen LogP contribution in [0.5, 0.6) is 0 Å². The zero-order chi connectivity index (χ0) is 21.0. The third-order valence-corrected chi connectivity index (χ3v) is 5.03. The molecule has 1 amide bonds. The van der Waals surface area contributed by atoms with Crippen LogP contribution in [0.25, 0.3) is 11.0 Å². The molecule has 0 aliphatic carbocycles. The molecule has 2 aromatic heterocycles. The smallest absolute Gasteiger partial charge is 0.344 e. The van der Waals surface area contributed by atoms with E-state index in [4.69, 9.17) is 4.74 Å². The number of benzene rings is 1. The van der Waals surface area contributed by atoms with Gasteiger partial charge in [-0.05, 0) is 50.4 Å². The summed E-state index contributed by atoms with van der Waals surface area (Å²) in [6, 6.07) is 10.7. The monoisotopic (exact) mass is 411 g/mol. The first-order valence-electron chi connectivity index (χ1n) is 9.04. The van der Waals surface area contributed by atoms with Crippen molar-refractivity contribution in [2.24, 2.45) is 0 Å². The lowest BCUT2D eigenvalue weighted by molar-refractivity contribution is -0.119. The Balaban J connectivity index is 1.76. The molecule has 0 saturated carbocycles. The van der Waals surface area contributed by atoms with E-state index < -0.39 is 23.9 Å². The summed E-state index contributed by atoms with van der Waals surface area (Å²) in [4.78, 5) is 42.7. The summed E-state index contributed by atoms with van der Waals surface area (Å²) in [5, 5.41) is 3.01. The minimum Gasteiger partial charge on any atom is -0.452 e. The van der Waals surface area contributed by atoms with Crippen molar-refractivity contribution in [1.82, 2.24) is 9.55 Å². The quantitative estimate of drug-likeness (QED) is 0.495. The number of carbonyl (C=O) groups excluding carboxylic acids is 2. The molecule has 0 fully saturated rings. The van der Waals surface area contributed by atoms with Crippen LogP contribution in [0.3, 0.4) is 0 Å². The van der Waals surface area contributed by atoms with E-state index in [0.717, 1.165) is 10.6 Å². The first-order valence-corrected chi connectivity index (χ1v) is 10.3. The van der Waals surface area contributed by atoms with Crippen LogP contribution < -0.4 is 10.7 Å². The van der Waals surface area contributed by atoms with E-state index in [0.29, 0.717) is 23.3 Å². The maximum Gasteiger partial charge on any atom is 0.344 e. The fraction of sp³-hybridized carbons (Fsp3) is 0.238. The standard InChI is InChI=1S/C21H21N3O4S/c1-4-24-11-17(19(26)16-9-8-13(2)22-20(16)24)21(27)28-12-18(25)23-14-6-5-7-15(10-14)29-3/h5-11H,4,12H2,1-3H3,(H,23,25). The number of thioether (sulfide) groups is 1.